The van der Waals surface area contributed by atoms with Crippen molar-refractivity contribution in [2.24, 2.45) is 11.1 Å². The highest BCUT2D eigenvalue weighted by molar-refractivity contribution is 5.89. The molecular weight excluding hydrogens is 246 g/mol. The molecule has 0 radical (unpaired) electrons. The molecule has 0 aliphatic heterocycles. The Morgan fingerprint density at radius 2 is 1.63 bits per heavy atom. The van der Waals surface area contributed by atoms with Crippen molar-refractivity contribution >= 4 is 11.9 Å². The predicted molar refractivity (Wildman–Crippen MR) is 70.5 cm³/mol. The SMILES string of the molecule is COC(=O)c1ccc([C@H](N)C(C)(C)C(=O)OC)cc1. The fourth-order valence-electron chi connectivity index (χ4n) is 1.75. The lowest BCUT2D eigenvalue weighted by atomic mass is 9.81. The third kappa shape index (κ3) is 3.12. The molecule has 0 fully saturated rings. The highest BCUT2D eigenvalue weighted by Crippen LogP contribution is 2.32. The van der Waals surface area contributed by atoms with Crippen LogP contribution in [0, 0.1) is 5.41 Å². The van der Waals surface area contributed by atoms with Crippen LogP contribution in [-0.2, 0) is 14.3 Å². The first-order chi connectivity index (χ1) is 8.84. The van der Waals surface area contributed by atoms with E-state index in [1.807, 2.05) is 0 Å². The van der Waals surface area contributed by atoms with E-state index in [0.29, 0.717) is 5.56 Å². The van der Waals surface area contributed by atoms with Gasteiger partial charge in [0.2, 0.25) is 0 Å². The molecule has 5 heteroatoms. The van der Waals surface area contributed by atoms with E-state index < -0.39 is 17.4 Å². The molecule has 1 aromatic carbocycles. The first-order valence-electron chi connectivity index (χ1n) is 5.87. The van der Waals surface area contributed by atoms with Gasteiger partial charge in [-0.1, -0.05) is 12.1 Å². The molecule has 2 N–H and O–H groups in total. The van der Waals surface area contributed by atoms with Crippen LogP contribution in [0.4, 0.5) is 0 Å². The zero-order valence-corrected chi connectivity index (χ0v) is 11.6. The van der Waals surface area contributed by atoms with Gasteiger partial charge in [0.1, 0.15) is 0 Å². The second-order valence-corrected chi connectivity index (χ2v) is 4.80. The number of ether oxygens (including phenoxy) is 2. The Bertz CT molecular complexity index is 465. The van der Waals surface area contributed by atoms with Crippen LogP contribution < -0.4 is 5.73 Å². The molecule has 0 unspecified atom stereocenters. The summed E-state index contributed by atoms with van der Waals surface area (Å²) in [5.74, 6) is -0.788. The number of carbonyl (C=O) groups excluding carboxylic acids is 2. The molecular formula is C14H19NO4. The fourth-order valence-corrected chi connectivity index (χ4v) is 1.75. The van der Waals surface area contributed by atoms with Crippen molar-refractivity contribution in [1.29, 1.82) is 0 Å². The smallest absolute Gasteiger partial charge is 0.337 e. The Morgan fingerprint density at radius 3 is 2.05 bits per heavy atom. The van der Waals surface area contributed by atoms with Crippen LogP contribution in [-0.4, -0.2) is 26.2 Å². The van der Waals surface area contributed by atoms with Crippen LogP contribution in [0.5, 0.6) is 0 Å². The molecule has 0 spiro atoms. The number of hydrogen-bond donors (Lipinski definition) is 1. The van der Waals surface area contributed by atoms with E-state index in [1.165, 1.54) is 14.2 Å². The summed E-state index contributed by atoms with van der Waals surface area (Å²) in [4.78, 5) is 23.0. The third-order valence-electron chi connectivity index (χ3n) is 3.18. The standard InChI is InChI=1S/C14H19NO4/c1-14(2,13(17)19-4)11(15)9-5-7-10(8-6-9)12(16)18-3/h5-8,11H,15H2,1-4H3/t11-/m0/s1. The highest BCUT2D eigenvalue weighted by atomic mass is 16.5. The number of carbonyl (C=O) groups is 2. The number of esters is 2. The van der Waals surface area contributed by atoms with Crippen molar-refractivity contribution in [2.45, 2.75) is 19.9 Å². The van der Waals surface area contributed by atoms with Crippen molar-refractivity contribution in [1.82, 2.24) is 0 Å². The molecule has 104 valence electrons. The molecule has 0 aromatic heterocycles. The average Bonchev–Trinajstić information content (AvgIpc) is 2.44. The summed E-state index contributed by atoms with van der Waals surface area (Å²) < 4.78 is 9.36. The zero-order chi connectivity index (χ0) is 14.6. The van der Waals surface area contributed by atoms with Gasteiger partial charge in [-0.3, -0.25) is 4.79 Å². The summed E-state index contributed by atoms with van der Waals surface area (Å²) >= 11 is 0. The van der Waals surface area contributed by atoms with Crippen LogP contribution in [0.25, 0.3) is 0 Å². The summed E-state index contributed by atoms with van der Waals surface area (Å²) in [5, 5.41) is 0. The number of rotatable bonds is 4. The van der Waals surface area contributed by atoms with E-state index in [1.54, 1.807) is 38.1 Å². The second-order valence-electron chi connectivity index (χ2n) is 4.80. The lowest BCUT2D eigenvalue weighted by Crippen LogP contribution is -2.37. The largest absolute Gasteiger partial charge is 0.469 e. The van der Waals surface area contributed by atoms with Gasteiger partial charge in [0.05, 0.1) is 25.2 Å². The summed E-state index contributed by atoms with van der Waals surface area (Å²) in [5.41, 5.74) is 6.44. The molecule has 0 saturated carbocycles. The van der Waals surface area contributed by atoms with E-state index in [0.717, 1.165) is 5.56 Å². The highest BCUT2D eigenvalue weighted by Gasteiger charge is 2.36. The maximum absolute atomic E-state index is 11.7. The molecule has 0 saturated heterocycles. The fraction of sp³-hybridized carbons (Fsp3) is 0.429. The minimum atomic E-state index is -0.846. The monoisotopic (exact) mass is 265 g/mol. The van der Waals surface area contributed by atoms with Crippen molar-refractivity contribution in [2.75, 3.05) is 14.2 Å². The van der Waals surface area contributed by atoms with Crippen LogP contribution in [0.3, 0.4) is 0 Å². The molecule has 0 heterocycles. The Hall–Kier alpha value is -1.88. The van der Waals surface area contributed by atoms with E-state index in [-0.39, 0.29) is 5.97 Å². The lowest BCUT2D eigenvalue weighted by molar-refractivity contribution is -0.152. The molecule has 1 rings (SSSR count). The Balaban J connectivity index is 2.98. The normalized spacial score (nSPS) is 12.7. The van der Waals surface area contributed by atoms with Crippen molar-refractivity contribution in [3.05, 3.63) is 35.4 Å². The minimum absolute atomic E-state index is 0.378. The first kappa shape index (κ1) is 15.2. The van der Waals surface area contributed by atoms with Gasteiger partial charge in [-0.2, -0.15) is 0 Å². The maximum atomic E-state index is 11.7. The molecule has 1 atom stereocenters. The van der Waals surface area contributed by atoms with Crippen LogP contribution >= 0.6 is 0 Å². The van der Waals surface area contributed by atoms with E-state index in [4.69, 9.17) is 10.5 Å². The quantitative estimate of drug-likeness (QED) is 0.838. The number of methoxy groups -OCH3 is 2. The Kier molecular flexibility index (Phi) is 4.67. The van der Waals surface area contributed by atoms with Crippen LogP contribution in [0.1, 0.15) is 35.8 Å². The van der Waals surface area contributed by atoms with Gasteiger partial charge in [-0.05, 0) is 31.5 Å². The van der Waals surface area contributed by atoms with Gasteiger partial charge in [0.15, 0.2) is 0 Å². The third-order valence-corrected chi connectivity index (χ3v) is 3.18. The van der Waals surface area contributed by atoms with Gasteiger partial charge >= 0.3 is 11.9 Å². The van der Waals surface area contributed by atoms with Gasteiger partial charge in [-0.25, -0.2) is 4.79 Å². The summed E-state index contributed by atoms with van der Waals surface area (Å²) in [6.45, 7) is 3.44. The van der Waals surface area contributed by atoms with Crippen molar-refractivity contribution in [3.63, 3.8) is 0 Å². The van der Waals surface area contributed by atoms with E-state index >= 15 is 0 Å². The number of benzene rings is 1. The maximum Gasteiger partial charge on any atom is 0.337 e. The van der Waals surface area contributed by atoms with Gasteiger partial charge in [0.25, 0.3) is 0 Å². The Morgan fingerprint density at radius 1 is 1.11 bits per heavy atom. The molecule has 1 aromatic rings. The molecule has 0 aliphatic rings. The first-order valence-corrected chi connectivity index (χ1v) is 5.87. The van der Waals surface area contributed by atoms with Crippen LogP contribution in [0.15, 0.2) is 24.3 Å². The summed E-state index contributed by atoms with van der Waals surface area (Å²) in [6, 6.07) is 6.14. The minimum Gasteiger partial charge on any atom is -0.469 e. The Labute approximate surface area is 112 Å². The summed E-state index contributed by atoms with van der Waals surface area (Å²) in [6.07, 6.45) is 0. The zero-order valence-electron chi connectivity index (χ0n) is 11.6. The van der Waals surface area contributed by atoms with Gasteiger partial charge in [-0.15, -0.1) is 0 Å². The topological polar surface area (TPSA) is 78.6 Å². The molecule has 0 aliphatic carbocycles. The lowest BCUT2D eigenvalue weighted by Gasteiger charge is -2.28. The van der Waals surface area contributed by atoms with E-state index in [2.05, 4.69) is 4.74 Å². The molecule has 0 bridgehead atoms. The molecule has 0 amide bonds. The predicted octanol–water partition coefficient (Wildman–Crippen LogP) is 1.67. The van der Waals surface area contributed by atoms with Gasteiger partial charge < -0.3 is 15.2 Å². The summed E-state index contributed by atoms with van der Waals surface area (Å²) in [7, 11) is 2.65. The van der Waals surface area contributed by atoms with E-state index in [9.17, 15) is 9.59 Å². The van der Waals surface area contributed by atoms with Crippen LogP contribution in [0.2, 0.25) is 0 Å². The molecule has 5 nitrogen and oxygen atoms in total. The number of hydrogen-bond acceptors (Lipinski definition) is 5. The average molecular weight is 265 g/mol. The van der Waals surface area contributed by atoms with Crippen molar-refractivity contribution < 1.29 is 19.1 Å². The second kappa shape index (κ2) is 5.84. The molecule has 19 heavy (non-hydrogen) atoms. The van der Waals surface area contributed by atoms with Crippen molar-refractivity contribution in [3.8, 4) is 0 Å². The number of nitrogens with two attached hydrogens (primary N) is 1. The van der Waals surface area contributed by atoms with Gasteiger partial charge in [0, 0.05) is 6.04 Å².